The number of carbonyl (C=O) groups is 1. The first-order chi connectivity index (χ1) is 8.65. The minimum Gasteiger partial charge on any atom is -0.361 e. The molecular formula is C13H21N3O2. The maximum Gasteiger partial charge on any atom is 0.222 e. The Morgan fingerprint density at radius 2 is 2.50 bits per heavy atom. The fourth-order valence-electron chi connectivity index (χ4n) is 2.30. The van der Waals surface area contributed by atoms with Gasteiger partial charge >= 0.3 is 0 Å². The van der Waals surface area contributed by atoms with Crippen LogP contribution in [-0.2, 0) is 11.3 Å². The predicted octanol–water partition coefficient (Wildman–Crippen LogP) is 1.33. The standard InChI is InChI=1S/C13H21N3O2/c1-10-7-12(15-18-10)9-16(2)13(17)4-3-11-5-6-14-8-11/h7,11,14H,3-6,8-9H2,1-2H3. The van der Waals surface area contributed by atoms with Crippen molar-refractivity contribution >= 4 is 5.91 Å². The molecule has 1 aliphatic heterocycles. The van der Waals surface area contributed by atoms with E-state index in [4.69, 9.17) is 4.52 Å². The second-order valence-corrected chi connectivity index (χ2v) is 5.08. The van der Waals surface area contributed by atoms with Gasteiger partial charge in [0.25, 0.3) is 0 Å². The summed E-state index contributed by atoms with van der Waals surface area (Å²) >= 11 is 0. The van der Waals surface area contributed by atoms with Crippen LogP contribution in [0, 0.1) is 12.8 Å². The fourth-order valence-corrected chi connectivity index (χ4v) is 2.30. The van der Waals surface area contributed by atoms with Crippen molar-refractivity contribution in [2.75, 3.05) is 20.1 Å². The number of nitrogens with one attached hydrogen (secondary N) is 1. The van der Waals surface area contributed by atoms with Crippen molar-refractivity contribution in [1.29, 1.82) is 0 Å². The van der Waals surface area contributed by atoms with Crippen LogP contribution in [0.1, 0.15) is 30.7 Å². The molecule has 0 aliphatic carbocycles. The number of rotatable bonds is 5. The third-order valence-corrected chi connectivity index (χ3v) is 3.43. The van der Waals surface area contributed by atoms with Gasteiger partial charge in [0.2, 0.25) is 5.91 Å². The molecule has 0 bridgehead atoms. The van der Waals surface area contributed by atoms with Crippen molar-refractivity contribution in [1.82, 2.24) is 15.4 Å². The maximum atomic E-state index is 12.0. The fraction of sp³-hybridized carbons (Fsp3) is 0.692. The Bertz CT molecular complexity index is 397. The highest BCUT2D eigenvalue weighted by Crippen LogP contribution is 2.15. The zero-order valence-electron chi connectivity index (χ0n) is 11.1. The lowest BCUT2D eigenvalue weighted by Gasteiger charge is -2.16. The molecule has 2 rings (SSSR count). The molecule has 2 heterocycles. The van der Waals surface area contributed by atoms with Crippen LogP contribution in [0.3, 0.4) is 0 Å². The van der Waals surface area contributed by atoms with E-state index in [0.717, 1.165) is 31.0 Å². The molecule has 0 radical (unpaired) electrons. The molecule has 1 N–H and O–H groups in total. The number of amides is 1. The number of carbonyl (C=O) groups excluding carboxylic acids is 1. The molecule has 1 saturated heterocycles. The second kappa shape index (κ2) is 6.00. The van der Waals surface area contributed by atoms with E-state index in [9.17, 15) is 4.79 Å². The minimum absolute atomic E-state index is 0.183. The van der Waals surface area contributed by atoms with Gasteiger partial charge in [0.1, 0.15) is 11.5 Å². The van der Waals surface area contributed by atoms with Gasteiger partial charge < -0.3 is 14.7 Å². The topological polar surface area (TPSA) is 58.4 Å². The Labute approximate surface area is 108 Å². The first-order valence-electron chi connectivity index (χ1n) is 6.52. The van der Waals surface area contributed by atoms with Crippen LogP contribution >= 0.6 is 0 Å². The highest BCUT2D eigenvalue weighted by Gasteiger charge is 2.17. The van der Waals surface area contributed by atoms with Crippen LogP contribution in [0.25, 0.3) is 0 Å². The van der Waals surface area contributed by atoms with Crippen LogP contribution in [0.15, 0.2) is 10.6 Å². The van der Waals surface area contributed by atoms with Crippen molar-refractivity contribution in [2.45, 2.75) is 32.7 Å². The van der Waals surface area contributed by atoms with Gasteiger partial charge in [0, 0.05) is 19.5 Å². The Morgan fingerprint density at radius 1 is 1.67 bits per heavy atom. The Morgan fingerprint density at radius 3 is 3.11 bits per heavy atom. The van der Waals surface area contributed by atoms with E-state index in [1.54, 1.807) is 4.90 Å². The van der Waals surface area contributed by atoms with Gasteiger partial charge in [-0.1, -0.05) is 5.16 Å². The smallest absolute Gasteiger partial charge is 0.222 e. The quantitative estimate of drug-likeness (QED) is 0.857. The summed E-state index contributed by atoms with van der Waals surface area (Å²) in [6.07, 6.45) is 2.80. The second-order valence-electron chi connectivity index (χ2n) is 5.08. The number of aryl methyl sites for hydroxylation is 1. The molecule has 1 aliphatic rings. The molecule has 1 aromatic heterocycles. The molecule has 5 heteroatoms. The number of aromatic nitrogens is 1. The van der Waals surface area contributed by atoms with E-state index >= 15 is 0 Å². The van der Waals surface area contributed by atoms with Gasteiger partial charge in [-0.25, -0.2) is 0 Å². The third-order valence-electron chi connectivity index (χ3n) is 3.43. The van der Waals surface area contributed by atoms with Gasteiger partial charge in [-0.15, -0.1) is 0 Å². The molecule has 18 heavy (non-hydrogen) atoms. The highest BCUT2D eigenvalue weighted by atomic mass is 16.5. The van der Waals surface area contributed by atoms with Crippen molar-refractivity contribution < 1.29 is 9.32 Å². The van der Waals surface area contributed by atoms with Gasteiger partial charge in [-0.05, 0) is 38.8 Å². The Kier molecular flexibility index (Phi) is 4.36. The van der Waals surface area contributed by atoms with Gasteiger partial charge in [0.05, 0.1) is 6.54 Å². The van der Waals surface area contributed by atoms with Crippen LogP contribution in [-0.4, -0.2) is 36.1 Å². The SMILES string of the molecule is Cc1cc(CN(C)C(=O)CCC2CCNC2)no1. The molecule has 1 aromatic rings. The summed E-state index contributed by atoms with van der Waals surface area (Å²) in [4.78, 5) is 13.7. The first kappa shape index (κ1) is 13.1. The summed E-state index contributed by atoms with van der Waals surface area (Å²) in [6, 6.07) is 1.87. The zero-order valence-corrected chi connectivity index (χ0v) is 11.1. The molecule has 5 nitrogen and oxygen atoms in total. The number of hydrogen-bond acceptors (Lipinski definition) is 4. The molecule has 1 unspecified atom stereocenters. The molecule has 0 aromatic carbocycles. The Hall–Kier alpha value is -1.36. The minimum atomic E-state index is 0.183. The lowest BCUT2D eigenvalue weighted by molar-refractivity contribution is -0.130. The third kappa shape index (κ3) is 3.57. The molecule has 1 amide bonds. The summed E-state index contributed by atoms with van der Waals surface area (Å²) in [7, 11) is 1.82. The van der Waals surface area contributed by atoms with Gasteiger partial charge in [0.15, 0.2) is 0 Å². The summed E-state index contributed by atoms with van der Waals surface area (Å²) in [5.74, 6) is 1.63. The normalized spacial score (nSPS) is 19.1. The molecule has 0 saturated carbocycles. The predicted molar refractivity (Wildman–Crippen MR) is 67.9 cm³/mol. The average molecular weight is 251 g/mol. The van der Waals surface area contributed by atoms with E-state index in [-0.39, 0.29) is 5.91 Å². The zero-order chi connectivity index (χ0) is 13.0. The van der Waals surface area contributed by atoms with Crippen molar-refractivity contribution in [3.8, 4) is 0 Å². The molecular weight excluding hydrogens is 230 g/mol. The van der Waals surface area contributed by atoms with Crippen LogP contribution < -0.4 is 5.32 Å². The summed E-state index contributed by atoms with van der Waals surface area (Å²) < 4.78 is 4.99. The van der Waals surface area contributed by atoms with E-state index in [1.165, 1.54) is 6.42 Å². The number of nitrogens with zero attached hydrogens (tertiary/aromatic N) is 2. The molecule has 100 valence electrons. The molecule has 1 atom stereocenters. The lowest BCUT2D eigenvalue weighted by Crippen LogP contribution is -2.26. The van der Waals surface area contributed by atoms with Crippen molar-refractivity contribution in [3.63, 3.8) is 0 Å². The maximum absolute atomic E-state index is 12.0. The van der Waals surface area contributed by atoms with Crippen LogP contribution in [0.2, 0.25) is 0 Å². The van der Waals surface area contributed by atoms with E-state index in [0.29, 0.717) is 18.9 Å². The lowest BCUT2D eigenvalue weighted by atomic mass is 10.0. The van der Waals surface area contributed by atoms with Gasteiger partial charge in [-0.2, -0.15) is 0 Å². The summed E-state index contributed by atoms with van der Waals surface area (Å²) in [5, 5.41) is 7.22. The molecule has 1 fully saturated rings. The van der Waals surface area contributed by atoms with E-state index in [1.807, 2.05) is 20.0 Å². The van der Waals surface area contributed by atoms with Crippen LogP contribution in [0.5, 0.6) is 0 Å². The van der Waals surface area contributed by atoms with Gasteiger partial charge in [-0.3, -0.25) is 4.79 Å². The molecule has 0 spiro atoms. The van der Waals surface area contributed by atoms with E-state index in [2.05, 4.69) is 10.5 Å². The first-order valence-corrected chi connectivity index (χ1v) is 6.52. The average Bonchev–Trinajstić information content (AvgIpc) is 2.97. The Balaban J connectivity index is 1.74. The van der Waals surface area contributed by atoms with E-state index < -0.39 is 0 Å². The van der Waals surface area contributed by atoms with Crippen molar-refractivity contribution in [2.24, 2.45) is 5.92 Å². The van der Waals surface area contributed by atoms with Crippen LogP contribution in [0.4, 0.5) is 0 Å². The highest BCUT2D eigenvalue weighted by molar-refractivity contribution is 5.75. The summed E-state index contributed by atoms with van der Waals surface area (Å²) in [5.41, 5.74) is 0.811. The monoisotopic (exact) mass is 251 g/mol. The number of hydrogen-bond donors (Lipinski definition) is 1. The largest absolute Gasteiger partial charge is 0.361 e. The summed E-state index contributed by atoms with van der Waals surface area (Å²) in [6.45, 7) is 4.52. The van der Waals surface area contributed by atoms with Crippen molar-refractivity contribution in [3.05, 3.63) is 17.5 Å².